The SMILES string of the molecule is C[C@@H](Nc1ncnc2[nH]cc(C(=O)c3ccc(NC4CCC(F)CC4)nc3F)c12)C1CC1. The number of aromatic amines is 1. The summed E-state index contributed by atoms with van der Waals surface area (Å²) in [5, 5.41) is 7.09. The molecule has 3 heterocycles. The van der Waals surface area contributed by atoms with E-state index in [0.717, 1.165) is 0 Å². The van der Waals surface area contributed by atoms with Crippen LogP contribution in [0.15, 0.2) is 24.7 Å². The summed E-state index contributed by atoms with van der Waals surface area (Å²) in [5.41, 5.74) is 0.701. The normalized spacial score (nSPS) is 22.0. The number of hydrogen-bond acceptors (Lipinski definition) is 6. The molecular formula is C23H26F2N6O. The zero-order chi connectivity index (χ0) is 22.2. The minimum atomic E-state index is -0.841. The van der Waals surface area contributed by atoms with Gasteiger partial charge >= 0.3 is 0 Å². The lowest BCUT2D eigenvalue weighted by Crippen LogP contribution is -2.27. The fraction of sp³-hybridized carbons (Fsp3) is 0.478. The van der Waals surface area contributed by atoms with Crippen LogP contribution in [0.5, 0.6) is 0 Å². The van der Waals surface area contributed by atoms with Gasteiger partial charge in [-0.2, -0.15) is 4.39 Å². The zero-order valence-corrected chi connectivity index (χ0v) is 17.9. The number of ketones is 1. The van der Waals surface area contributed by atoms with Gasteiger partial charge < -0.3 is 15.6 Å². The second-order valence-corrected chi connectivity index (χ2v) is 8.88. The van der Waals surface area contributed by atoms with Gasteiger partial charge in [-0.3, -0.25) is 4.79 Å². The fourth-order valence-electron chi connectivity index (χ4n) is 4.42. The molecule has 3 aromatic heterocycles. The number of H-pyrrole nitrogens is 1. The predicted octanol–water partition coefficient (Wildman–Crippen LogP) is 4.63. The Morgan fingerprint density at radius 2 is 1.91 bits per heavy atom. The molecule has 0 aliphatic heterocycles. The molecule has 2 saturated carbocycles. The van der Waals surface area contributed by atoms with E-state index in [-0.39, 0.29) is 17.6 Å². The van der Waals surface area contributed by atoms with E-state index in [0.29, 0.717) is 59.8 Å². The van der Waals surface area contributed by atoms with Crippen molar-refractivity contribution < 1.29 is 13.6 Å². The van der Waals surface area contributed by atoms with Gasteiger partial charge in [0.2, 0.25) is 5.95 Å². The summed E-state index contributed by atoms with van der Waals surface area (Å²) in [4.78, 5) is 28.7. The summed E-state index contributed by atoms with van der Waals surface area (Å²) >= 11 is 0. The van der Waals surface area contributed by atoms with Crippen LogP contribution in [0.25, 0.3) is 11.0 Å². The van der Waals surface area contributed by atoms with E-state index in [1.54, 1.807) is 6.07 Å². The predicted molar refractivity (Wildman–Crippen MR) is 118 cm³/mol. The van der Waals surface area contributed by atoms with Gasteiger partial charge in [-0.05, 0) is 63.5 Å². The average molecular weight is 440 g/mol. The number of aromatic nitrogens is 4. The highest BCUT2D eigenvalue weighted by Gasteiger charge is 2.29. The monoisotopic (exact) mass is 440 g/mol. The third kappa shape index (κ3) is 4.16. The van der Waals surface area contributed by atoms with Crippen molar-refractivity contribution in [3.05, 3.63) is 41.7 Å². The van der Waals surface area contributed by atoms with Crippen LogP contribution in [0.2, 0.25) is 0 Å². The molecule has 2 aliphatic rings. The first-order valence-electron chi connectivity index (χ1n) is 11.2. The minimum Gasteiger partial charge on any atom is -0.367 e. The number of halogens is 2. The molecule has 2 aliphatic carbocycles. The first-order valence-corrected chi connectivity index (χ1v) is 11.2. The molecule has 0 unspecified atom stereocenters. The summed E-state index contributed by atoms with van der Waals surface area (Å²) < 4.78 is 28.2. The van der Waals surface area contributed by atoms with Crippen molar-refractivity contribution in [2.24, 2.45) is 5.92 Å². The Kier molecular flexibility index (Phi) is 5.48. The molecule has 5 rings (SSSR count). The van der Waals surface area contributed by atoms with Gasteiger partial charge in [-0.15, -0.1) is 0 Å². The van der Waals surface area contributed by atoms with Crippen LogP contribution in [0.4, 0.5) is 20.4 Å². The van der Waals surface area contributed by atoms with E-state index in [9.17, 15) is 13.6 Å². The third-order valence-electron chi connectivity index (χ3n) is 6.51. The maximum absolute atomic E-state index is 14.8. The Bertz CT molecular complexity index is 1140. The number of carbonyl (C=O) groups excluding carboxylic acids is 1. The molecule has 7 nitrogen and oxygen atoms in total. The summed E-state index contributed by atoms with van der Waals surface area (Å²) in [6.45, 7) is 2.09. The van der Waals surface area contributed by atoms with E-state index in [4.69, 9.17) is 0 Å². The molecular weight excluding hydrogens is 414 g/mol. The van der Waals surface area contributed by atoms with Crippen molar-refractivity contribution in [1.29, 1.82) is 0 Å². The molecule has 0 radical (unpaired) electrons. The molecule has 0 amide bonds. The number of hydrogen-bond donors (Lipinski definition) is 3. The van der Waals surface area contributed by atoms with Crippen LogP contribution in [0, 0.1) is 11.9 Å². The Hall–Kier alpha value is -3.10. The van der Waals surface area contributed by atoms with Gasteiger partial charge in [-0.1, -0.05) is 0 Å². The standard InChI is InChI=1S/C23H26F2N6O/c1-12(13-2-3-13)29-23-19-17(10-26-22(19)27-11-28-23)20(32)16-8-9-18(31-21(16)25)30-15-6-4-14(24)5-7-15/h8-15H,2-7H2,1H3,(H,30,31)(H2,26,27,28,29)/t12-,14?,15?/m1/s1. The first kappa shape index (κ1) is 20.8. The lowest BCUT2D eigenvalue weighted by Gasteiger charge is -2.25. The van der Waals surface area contributed by atoms with Gasteiger partial charge in [-0.25, -0.2) is 19.3 Å². The van der Waals surface area contributed by atoms with Crippen LogP contribution < -0.4 is 10.6 Å². The highest BCUT2D eigenvalue weighted by atomic mass is 19.1. The summed E-state index contributed by atoms with van der Waals surface area (Å²) in [5.74, 6) is 0.187. The van der Waals surface area contributed by atoms with E-state index in [2.05, 4.69) is 37.5 Å². The summed E-state index contributed by atoms with van der Waals surface area (Å²) in [6, 6.07) is 3.32. The average Bonchev–Trinajstić information content (AvgIpc) is 3.54. The van der Waals surface area contributed by atoms with Gasteiger partial charge in [0.05, 0.1) is 16.5 Å². The lowest BCUT2D eigenvalue weighted by molar-refractivity contribution is 0.103. The van der Waals surface area contributed by atoms with Gasteiger partial charge in [0.15, 0.2) is 5.78 Å². The molecule has 2 fully saturated rings. The lowest BCUT2D eigenvalue weighted by atomic mass is 9.94. The number of nitrogens with one attached hydrogen (secondary N) is 3. The largest absolute Gasteiger partial charge is 0.367 e. The molecule has 168 valence electrons. The third-order valence-corrected chi connectivity index (χ3v) is 6.51. The second kappa shape index (κ2) is 8.44. The summed E-state index contributed by atoms with van der Waals surface area (Å²) in [7, 11) is 0. The van der Waals surface area contributed by atoms with Crippen molar-refractivity contribution >= 4 is 28.5 Å². The number of alkyl halides is 1. The van der Waals surface area contributed by atoms with Crippen LogP contribution >= 0.6 is 0 Å². The molecule has 3 N–H and O–H groups in total. The maximum atomic E-state index is 14.8. The van der Waals surface area contributed by atoms with Gasteiger partial charge in [0.1, 0.15) is 29.8 Å². The van der Waals surface area contributed by atoms with Crippen LogP contribution in [-0.2, 0) is 0 Å². The van der Waals surface area contributed by atoms with Crippen LogP contribution in [-0.4, -0.2) is 44.0 Å². The van der Waals surface area contributed by atoms with Crippen molar-refractivity contribution in [2.45, 2.75) is 63.7 Å². The van der Waals surface area contributed by atoms with Gasteiger partial charge in [0.25, 0.3) is 0 Å². The Morgan fingerprint density at radius 3 is 2.62 bits per heavy atom. The van der Waals surface area contributed by atoms with Crippen molar-refractivity contribution in [3.63, 3.8) is 0 Å². The van der Waals surface area contributed by atoms with Crippen molar-refractivity contribution in [2.75, 3.05) is 10.6 Å². The smallest absolute Gasteiger partial charge is 0.226 e. The molecule has 3 aromatic rings. The van der Waals surface area contributed by atoms with Crippen LogP contribution in [0.3, 0.4) is 0 Å². The minimum absolute atomic E-state index is 0.0586. The second-order valence-electron chi connectivity index (χ2n) is 8.88. The number of rotatable bonds is 7. The maximum Gasteiger partial charge on any atom is 0.226 e. The van der Waals surface area contributed by atoms with E-state index in [1.165, 1.54) is 31.4 Å². The highest BCUT2D eigenvalue weighted by molar-refractivity contribution is 6.18. The quantitative estimate of drug-likeness (QED) is 0.366. The number of fused-ring (bicyclic) bond motifs is 1. The Morgan fingerprint density at radius 1 is 1.12 bits per heavy atom. The number of carbonyl (C=O) groups is 1. The highest BCUT2D eigenvalue weighted by Crippen LogP contribution is 2.35. The molecule has 32 heavy (non-hydrogen) atoms. The molecule has 0 aromatic carbocycles. The Labute approximate surface area is 184 Å². The number of anilines is 2. The molecule has 0 saturated heterocycles. The first-order chi connectivity index (χ1) is 15.5. The number of nitrogens with zero attached hydrogens (tertiary/aromatic N) is 3. The molecule has 0 spiro atoms. The van der Waals surface area contributed by atoms with Crippen LogP contribution in [0.1, 0.15) is 61.4 Å². The summed E-state index contributed by atoms with van der Waals surface area (Å²) in [6.07, 6.45) is 6.91. The van der Waals surface area contributed by atoms with Crippen molar-refractivity contribution in [1.82, 2.24) is 19.9 Å². The van der Waals surface area contributed by atoms with E-state index >= 15 is 0 Å². The topological polar surface area (TPSA) is 95.6 Å². The fourth-order valence-corrected chi connectivity index (χ4v) is 4.42. The molecule has 0 bridgehead atoms. The van der Waals surface area contributed by atoms with E-state index < -0.39 is 17.9 Å². The van der Waals surface area contributed by atoms with E-state index in [1.807, 2.05) is 0 Å². The molecule has 9 heteroatoms. The van der Waals surface area contributed by atoms with Gasteiger partial charge in [0, 0.05) is 18.3 Å². The zero-order valence-electron chi connectivity index (χ0n) is 17.9. The van der Waals surface area contributed by atoms with Crippen molar-refractivity contribution in [3.8, 4) is 0 Å². The Balaban J connectivity index is 1.39. The number of pyridine rings is 1. The molecule has 1 atom stereocenters.